The van der Waals surface area contributed by atoms with Gasteiger partial charge in [0.05, 0.1) is 11.3 Å². The Bertz CT molecular complexity index is 506. The van der Waals surface area contributed by atoms with Crippen molar-refractivity contribution in [2.75, 3.05) is 12.3 Å². The number of carbonyl (C=O) groups is 2. The second-order valence-corrected chi connectivity index (χ2v) is 3.80. The zero-order valence-electron chi connectivity index (χ0n) is 10.5. The lowest BCUT2D eigenvalue weighted by Gasteiger charge is -2.13. The highest BCUT2D eigenvalue weighted by atomic mass is 19.1. The first kappa shape index (κ1) is 14.9. The van der Waals surface area contributed by atoms with Gasteiger partial charge in [0.2, 0.25) is 0 Å². The predicted octanol–water partition coefficient (Wildman–Crippen LogP) is 1.23. The Morgan fingerprint density at radius 1 is 1.37 bits per heavy atom. The van der Waals surface area contributed by atoms with Gasteiger partial charge < -0.3 is 15.8 Å². The molecule has 3 N–H and O–H groups in total. The average Bonchev–Trinajstić information content (AvgIpc) is 2.33. The minimum atomic E-state index is -1.13. The molecule has 0 heterocycles. The molecular formula is C12H14F2N2O3. The van der Waals surface area contributed by atoms with E-state index in [2.05, 4.69) is 5.32 Å². The summed E-state index contributed by atoms with van der Waals surface area (Å²) in [6.45, 7) is 3.39. The molecule has 0 saturated carbocycles. The van der Waals surface area contributed by atoms with Crippen LogP contribution in [-0.4, -0.2) is 24.5 Å². The molecule has 0 saturated heterocycles. The van der Waals surface area contributed by atoms with Gasteiger partial charge in [-0.2, -0.15) is 0 Å². The van der Waals surface area contributed by atoms with E-state index in [4.69, 9.17) is 10.5 Å². The highest BCUT2D eigenvalue weighted by Gasteiger charge is 2.21. The molecule has 19 heavy (non-hydrogen) atoms. The van der Waals surface area contributed by atoms with E-state index in [0.29, 0.717) is 18.7 Å². The molecule has 0 spiro atoms. The maximum Gasteiger partial charge on any atom is 0.342 e. The summed E-state index contributed by atoms with van der Waals surface area (Å²) in [5, 5.41) is 2.43. The lowest BCUT2D eigenvalue weighted by atomic mass is 10.2. The summed E-state index contributed by atoms with van der Waals surface area (Å²) < 4.78 is 31.3. The third-order valence-corrected chi connectivity index (χ3v) is 2.31. The van der Waals surface area contributed by atoms with Crippen LogP contribution in [0.1, 0.15) is 24.2 Å². The smallest absolute Gasteiger partial charge is 0.342 e. The number of anilines is 1. The third kappa shape index (κ3) is 3.64. The fraction of sp³-hybridized carbons (Fsp3) is 0.333. The van der Waals surface area contributed by atoms with Crippen molar-refractivity contribution in [2.24, 2.45) is 0 Å². The second-order valence-electron chi connectivity index (χ2n) is 3.80. The number of carbonyl (C=O) groups excluding carboxylic acids is 2. The Balaban J connectivity index is 2.84. The van der Waals surface area contributed by atoms with Crippen molar-refractivity contribution in [3.8, 4) is 0 Å². The van der Waals surface area contributed by atoms with Gasteiger partial charge in [-0.1, -0.05) is 0 Å². The van der Waals surface area contributed by atoms with Crippen LogP contribution in [0.2, 0.25) is 0 Å². The molecule has 1 amide bonds. The van der Waals surface area contributed by atoms with Crippen molar-refractivity contribution in [1.29, 1.82) is 0 Å². The number of hydrogen-bond donors (Lipinski definition) is 2. The summed E-state index contributed by atoms with van der Waals surface area (Å²) in [7, 11) is 0. The van der Waals surface area contributed by atoms with E-state index in [0.717, 1.165) is 0 Å². The van der Waals surface area contributed by atoms with Crippen LogP contribution in [-0.2, 0) is 9.53 Å². The normalized spacial score (nSPS) is 11.8. The van der Waals surface area contributed by atoms with Gasteiger partial charge in [0.1, 0.15) is 11.6 Å². The molecule has 0 aromatic heterocycles. The van der Waals surface area contributed by atoms with Gasteiger partial charge in [0.15, 0.2) is 6.10 Å². The number of rotatable bonds is 4. The van der Waals surface area contributed by atoms with Gasteiger partial charge in [-0.3, -0.25) is 4.79 Å². The van der Waals surface area contributed by atoms with Crippen LogP contribution < -0.4 is 11.1 Å². The van der Waals surface area contributed by atoms with Crippen LogP contribution in [0.15, 0.2) is 12.1 Å². The maximum atomic E-state index is 13.4. The van der Waals surface area contributed by atoms with Gasteiger partial charge in [0.25, 0.3) is 5.91 Å². The number of nitrogens with one attached hydrogen (secondary N) is 1. The van der Waals surface area contributed by atoms with Gasteiger partial charge in [-0.15, -0.1) is 0 Å². The molecule has 0 aliphatic heterocycles. The maximum absolute atomic E-state index is 13.4. The fourth-order valence-electron chi connectivity index (χ4n) is 1.31. The molecule has 104 valence electrons. The Hall–Kier alpha value is -2.18. The van der Waals surface area contributed by atoms with Crippen LogP contribution in [0, 0.1) is 11.6 Å². The average molecular weight is 272 g/mol. The van der Waals surface area contributed by atoms with E-state index in [1.807, 2.05) is 0 Å². The molecule has 0 bridgehead atoms. The Labute approximate surface area is 108 Å². The fourth-order valence-corrected chi connectivity index (χ4v) is 1.31. The van der Waals surface area contributed by atoms with E-state index < -0.39 is 40.9 Å². The molecule has 0 radical (unpaired) electrons. The number of esters is 1. The summed E-state index contributed by atoms with van der Waals surface area (Å²) in [6.07, 6.45) is -1.10. The molecule has 5 nitrogen and oxygen atoms in total. The predicted molar refractivity (Wildman–Crippen MR) is 64.3 cm³/mol. The topological polar surface area (TPSA) is 81.4 Å². The van der Waals surface area contributed by atoms with Gasteiger partial charge in [0, 0.05) is 12.6 Å². The first-order valence-electron chi connectivity index (χ1n) is 5.60. The highest BCUT2D eigenvalue weighted by molar-refractivity contribution is 5.92. The third-order valence-electron chi connectivity index (χ3n) is 2.31. The molecule has 1 aromatic carbocycles. The molecular weight excluding hydrogens is 258 g/mol. The number of ether oxygens (including phenoxy) is 1. The number of amides is 1. The molecule has 0 aliphatic carbocycles. The van der Waals surface area contributed by atoms with Crippen LogP contribution in [0.3, 0.4) is 0 Å². The standard InChI is InChI=1S/C12H14F2N2O3/c1-3-16-11(17)6(2)19-12(18)7-4-9(14)10(15)5-8(7)13/h4-6H,3,15H2,1-2H3,(H,16,17). The van der Waals surface area contributed by atoms with Gasteiger partial charge >= 0.3 is 5.97 Å². The van der Waals surface area contributed by atoms with Crippen LogP contribution in [0.4, 0.5) is 14.5 Å². The molecule has 0 fully saturated rings. The minimum Gasteiger partial charge on any atom is -0.449 e. The van der Waals surface area contributed by atoms with E-state index >= 15 is 0 Å². The van der Waals surface area contributed by atoms with Crippen LogP contribution in [0.5, 0.6) is 0 Å². The van der Waals surface area contributed by atoms with Crippen molar-refractivity contribution >= 4 is 17.6 Å². The quantitative estimate of drug-likeness (QED) is 0.638. The summed E-state index contributed by atoms with van der Waals surface area (Å²) in [5.74, 6) is -3.59. The lowest BCUT2D eigenvalue weighted by Crippen LogP contribution is -2.35. The number of nitrogens with two attached hydrogens (primary N) is 1. The van der Waals surface area contributed by atoms with Gasteiger partial charge in [-0.25, -0.2) is 13.6 Å². The van der Waals surface area contributed by atoms with Crippen molar-refractivity contribution in [2.45, 2.75) is 20.0 Å². The number of nitrogen functional groups attached to an aromatic ring is 1. The Morgan fingerprint density at radius 2 is 2.00 bits per heavy atom. The summed E-state index contributed by atoms with van der Waals surface area (Å²) >= 11 is 0. The Morgan fingerprint density at radius 3 is 2.58 bits per heavy atom. The van der Waals surface area contributed by atoms with Crippen molar-refractivity contribution in [3.63, 3.8) is 0 Å². The van der Waals surface area contributed by atoms with Crippen molar-refractivity contribution in [3.05, 3.63) is 29.3 Å². The first-order chi connectivity index (χ1) is 8.86. The van der Waals surface area contributed by atoms with Gasteiger partial charge in [-0.05, 0) is 19.9 Å². The summed E-state index contributed by atoms with van der Waals surface area (Å²) in [6, 6.07) is 1.32. The van der Waals surface area contributed by atoms with Crippen LogP contribution in [0.25, 0.3) is 0 Å². The molecule has 1 atom stereocenters. The number of hydrogen-bond acceptors (Lipinski definition) is 4. The molecule has 1 unspecified atom stereocenters. The zero-order valence-corrected chi connectivity index (χ0v) is 10.5. The van der Waals surface area contributed by atoms with E-state index in [1.165, 1.54) is 6.92 Å². The molecule has 7 heteroatoms. The molecule has 1 aromatic rings. The number of likely N-dealkylation sites (N-methyl/N-ethyl adjacent to an activating group) is 1. The molecule has 1 rings (SSSR count). The molecule has 0 aliphatic rings. The number of halogens is 2. The summed E-state index contributed by atoms with van der Waals surface area (Å²) in [4.78, 5) is 22.9. The first-order valence-corrected chi connectivity index (χ1v) is 5.60. The van der Waals surface area contributed by atoms with Crippen LogP contribution >= 0.6 is 0 Å². The van der Waals surface area contributed by atoms with Crippen molar-refractivity contribution in [1.82, 2.24) is 5.32 Å². The minimum absolute atomic E-state index is 0.367. The summed E-state index contributed by atoms with van der Waals surface area (Å²) in [5.41, 5.74) is 4.13. The monoisotopic (exact) mass is 272 g/mol. The van der Waals surface area contributed by atoms with E-state index in [1.54, 1.807) is 6.92 Å². The Kier molecular flexibility index (Phi) is 4.80. The second kappa shape index (κ2) is 6.12. The SMILES string of the molecule is CCNC(=O)C(C)OC(=O)c1cc(F)c(N)cc1F. The zero-order chi connectivity index (χ0) is 14.6. The van der Waals surface area contributed by atoms with Crippen molar-refractivity contribution < 1.29 is 23.1 Å². The lowest BCUT2D eigenvalue weighted by molar-refractivity contribution is -0.128. The van der Waals surface area contributed by atoms with E-state index in [9.17, 15) is 18.4 Å². The van der Waals surface area contributed by atoms with E-state index in [-0.39, 0.29) is 0 Å². The number of benzene rings is 1. The highest BCUT2D eigenvalue weighted by Crippen LogP contribution is 2.17. The largest absolute Gasteiger partial charge is 0.449 e.